The zero-order chi connectivity index (χ0) is 18.4. The van der Waals surface area contributed by atoms with Gasteiger partial charge >= 0.3 is 0 Å². The monoisotopic (exact) mass is 369 g/mol. The maximum Gasteiger partial charge on any atom is 0.192 e. The number of nitrogens with zero attached hydrogens (tertiary/aromatic N) is 1. The van der Waals surface area contributed by atoms with Crippen LogP contribution < -0.4 is 4.90 Å². The number of anilines is 1. The third-order valence-corrected chi connectivity index (χ3v) is 6.54. The van der Waals surface area contributed by atoms with Crippen molar-refractivity contribution < 1.29 is 4.79 Å². The van der Waals surface area contributed by atoms with E-state index in [9.17, 15) is 4.79 Å². The van der Waals surface area contributed by atoms with Crippen LogP contribution in [0.5, 0.6) is 0 Å². The summed E-state index contributed by atoms with van der Waals surface area (Å²) in [7, 11) is 0. The number of ketones is 1. The lowest BCUT2D eigenvalue weighted by atomic mass is 9.90. The van der Waals surface area contributed by atoms with Gasteiger partial charge in [-0.3, -0.25) is 4.79 Å². The molecule has 132 valence electrons. The molecule has 0 spiro atoms. The van der Waals surface area contributed by atoms with E-state index in [1.54, 1.807) is 11.8 Å². The number of para-hydroxylation sites is 1. The molecule has 0 fully saturated rings. The largest absolute Gasteiger partial charge is 0.335 e. The lowest BCUT2D eigenvalue weighted by Gasteiger charge is -2.22. The fraction of sp³-hybridized carbons (Fsp3) is 0.125. The summed E-state index contributed by atoms with van der Waals surface area (Å²) in [5.74, 6) is 0.147. The van der Waals surface area contributed by atoms with Crippen LogP contribution in [-0.4, -0.2) is 12.3 Å². The van der Waals surface area contributed by atoms with Crippen LogP contribution in [0.25, 0.3) is 0 Å². The van der Waals surface area contributed by atoms with Gasteiger partial charge in [-0.05, 0) is 30.2 Å². The molecule has 0 aromatic heterocycles. The highest BCUT2D eigenvalue weighted by molar-refractivity contribution is 8.03. The van der Waals surface area contributed by atoms with Crippen molar-refractivity contribution in [2.75, 3.05) is 11.4 Å². The van der Waals surface area contributed by atoms with Gasteiger partial charge in [-0.2, -0.15) is 0 Å². The maximum absolute atomic E-state index is 13.5. The molecule has 1 unspecified atom stereocenters. The minimum absolute atomic E-state index is 0.0132. The topological polar surface area (TPSA) is 20.3 Å². The molecule has 1 heterocycles. The van der Waals surface area contributed by atoms with Crippen LogP contribution in [0.2, 0.25) is 0 Å². The van der Waals surface area contributed by atoms with Crippen molar-refractivity contribution in [3.05, 3.63) is 106 Å². The highest BCUT2D eigenvalue weighted by atomic mass is 32.2. The number of rotatable bonds is 2. The molecule has 1 atom stereocenters. The molecule has 0 bridgehead atoms. The Balaban J connectivity index is 1.76. The van der Waals surface area contributed by atoms with Gasteiger partial charge in [-0.1, -0.05) is 78.5 Å². The third kappa shape index (κ3) is 2.46. The Bertz CT molecular complexity index is 1070. The fourth-order valence-electron chi connectivity index (χ4n) is 4.15. The van der Waals surface area contributed by atoms with Gasteiger partial charge in [0.2, 0.25) is 0 Å². The average molecular weight is 369 g/mol. The Morgan fingerprint density at radius 2 is 1.59 bits per heavy atom. The minimum Gasteiger partial charge on any atom is -0.335 e. The summed E-state index contributed by atoms with van der Waals surface area (Å²) in [6.45, 7) is 2.99. The molecule has 1 aliphatic carbocycles. The van der Waals surface area contributed by atoms with E-state index in [1.165, 1.54) is 16.1 Å². The van der Waals surface area contributed by atoms with Gasteiger partial charge in [0.1, 0.15) is 0 Å². The van der Waals surface area contributed by atoms with Crippen LogP contribution in [-0.2, 0) is 0 Å². The van der Waals surface area contributed by atoms with Crippen LogP contribution >= 0.6 is 11.8 Å². The number of allylic oxidation sites excluding steroid dienone is 1. The summed E-state index contributed by atoms with van der Waals surface area (Å²) < 4.78 is 0. The summed E-state index contributed by atoms with van der Waals surface area (Å²) in [6.07, 6.45) is 0. The molecular weight excluding hydrogens is 350 g/mol. The van der Waals surface area contributed by atoms with Crippen molar-refractivity contribution in [3.8, 4) is 0 Å². The van der Waals surface area contributed by atoms with Crippen LogP contribution in [0.4, 0.5) is 5.69 Å². The molecule has 0 radical (unpaired) electrons. The van der Waals surface area contributed by atoms with Crippen LogP contribution in [0.1, 0.15) is 34.3 Å². The molecule has 0 N–H and O–H groups in total. The van der Waals surface area contributed by atoms with E-state index in [4.69, 9.17) is 0 Å². The first-order valence-electron chi connectivity index (χ1n) is 9.26. The first kappa shape index (κ1) is 16.4. The Kier molecular flexibility index (Phi) is 3.91. The molecular formula is C24H19NOS. The van der Waals surface area contributed by atoms with Gasteiger partial charge in [0.25, 0.3) is 0 Å². The summed E-state index contributed by atoms with van der Waals surface area (Å²) in [6, 6.07) is 26.8. The predicted molar refractivity (Wildman–Crippen MR) is 111 cm³/mol. The van der Waals surface area contributed by atoms with Gasteiger partial charge in [0.05, 0.1) is 10.7 Å². The highest BCUT2D eigenvalue weighted by Crippen LogP contribution is 2.52. The maximum atomic E-state index is 13.5. The van der Waals surface area contributed by atoms with Crippen LogP contribution in [0.3, 0.4) is 0 Å². The van der Waals surface area contributed by atoms with Crippen molar-refractivity contribution in [2.24, 2.45) is 0 Å². The average Bonchev–Trinajstić information content (AvgIpc) is 3.23. The number of carbonyl (C=O) groups is 1. The van der Waals surface area contributed by atoms with Gasteiger partial charge in [0, 0.05) is 28.5 Å². The summed E-state index contributed by atoms with van der Waals surface area (Å²) in [5.41, 5.74) is 5.23. The Morgan fingerprint density at radius 3 is 2.41 bits per heavy atom. The van der Waals surface area contributed by atoms with E-state index in [2.05, 4.69) is 66.4 Å². The van der Waals surface area contributed by atoms with Gasteiger partial charge in [0.15, 0.2) is 5.78 Å². The lowest BCUT2D eigenvalue weighted by molar-refractivity contribution is 0.103. The fourth-order valence-corrected chi connectivity index (χ4v) is 5.44. The molecule has 0 saturated carbocycles. The molecule has 1 aliphatic heterocycles. The van der Waals surface area contributed by atoms with Crippen LogP contribution in [0.15, 0.2) is 94.4 Å². The van der Waals surface area contributed by atoms with Crippen molar-refractivity contribution in [1.29, 1.82) is 0 Å². The summed E-state index contributed by atoms with van der Waals surface area (Å²) in [5, 5.41) is 1.08. The number of fused-ring (bicyclic) bond motifs is 2. The Morgan fingerprint density at radius 1 is 0.889 bits per heavy atom. The summed E-state index contributed by atoms with van der Waals surface area (Å²) in [4.78, 5) is 17.0. The van der Waals surface area contributed by atoms with Gasteiger partial charge in [-0.15, -0.1) is 0 Å². The van der Waals surface area contributed by atoms with Crippen molar-refractivity contribution >= 4 is 23.2 Å². The second-order valence-corrected chi connectivity index (χ2v) is 7.82. The molecule has 0 saturated heterocycles. The standard InChI is InChI=1S/C24H19NOS/c1-2-25-19-14-8-9-15-20(19)27-24(25)22-21(16-10-4-3-5-11-16)17-12-6-7-13-18(17)23(22)26/h3-15,21H,2H2,1H3/b24-22-. The Labute approximate surface area is 163 Å². The molecule has 2 aliphatic rings. The zero-order valence-corrected chi connectivity index (χ0v) is 15.9. The molecule has 3 heteroatoms. The van der Waals surface area contributed by atoms with Crippen LogP contribution in [0, 0.1) is 0 Å². The number of carbonyl (C=O) groups excluding carboxylic acids is 1. The molecule has 5 rings (SSSR count). The predicted octanol–water partition coefficient (Wildman–Crippen LogP) is 5.86. The molecule has 3 aromatic carbocycles. The molecule has 3 aromatic rings. The second-order valence-electron chi connectivity index (χ2n) is 6.79. The molecule has 27 heavy (non-hydrogen) atoms. The number of thioether (sulfide) groups is 1. The van der Waals surface area contributed by atoms with Gasteiger partial charge in [-0.25, -0.2) is 0 Å². The number of hydrogen-bond donors (Lipinski definition) is 0. The zero-order valence-electron chi connectivity index (χ0n) is 15.1. The molecule has 2 nitrogen and oxygen atoms in total. The number of Topliss-reactive ketones (excluding diaryl/α,β-unsaturated/α-hetero) is 1. The smallest absolute Gasteiger partial charge is 0.192 e. The van der Waals surface area contributed by atoms with Crippen molar-refractivity contribution in [1.82, 2.24) is 0 Å². The first-order valence-corrected chi connectivity index (χ1v) is 10.1. The number of benzene rings is 3. The third-order valence-electron chi connectivity index (χ3n) is 5.34. The second kappa shape index (κ2) is 6.43. The van der Waals surface area contributed by atoms with Crippen molar-refractivity contribution in [2.45, 2.75) is 17.7 Å². The normalized spacial score (nSPS) is 20.7. The molecule has 0 amide bonds. The lowest BCUT2D eigenvalue weighted by Crippen LogP contribution is -2.20. The van der Waals surface area contributed by atoms with E-state index in [1.807, 2.05) is 24.3 Å². The van der Waals surface area contributed by atoms with Gasteiger partial charge < -0.3 is 4.90 Å². The summed E-state index contributed by atoms with van der Waals surface area (Å²) >= 11 is 1.72. The van der Waals surface area contributed by atoms with E-state index in [0.29, 0.717) is 0 Å². The van der Waals surface area contributed by atoms with E-state index < -0.39 is 0 Å². The first-order chi connectivity index (χ1) is 13.3. The minimum atomic E-state index is -0.0132. The number of hydrogen-bond acceptors (Lipinski definition) is 3. The highest BCUT2D eigenvalue weighted by Gasteiger charge is 2.40. The van der Waals surface area contributed by atoms with Crippen molar-refractivity contribution in [3.63, 3.8) is 0 Å². The van der Waals surface area contributed by atoms with E-state index >= 15 is 0 Å². The SMILES string of the molecule is CCN1/C(=C2/C(=O)c3ccccc3C2c2ccccc2)Sc2ccccc21. The van der Waals surface area contributed by atoms with E-state index in [-0.39, 0.29) is 11.7 Å². The van der Waals surface area contributed by atoms with E-state index in [0.717, 1.165) is 28.3 Å². The quantitative estimate of drug-likeness (QED) is 0.528. The Hall–Kier alpha value is -2.78.